The van der Waals surface area contributed by atoms with Gasteiger partial charge in [-0.15, -0.1) is 10.2 Å². The zero-order valence-electron chi connectivity index (χ0n) is 19.8. The first kappa shape index (κ1) is 26.3. The second-order valence-electron chi connectivity index (χ2n) is 7.42. The minimum atomic E-state index is -0.277. The van der Waals surface area contributed by atoms with E-state index in [2.05, 4.69) is 36.8 Å². The lowest BCUT2D eigenvalue weighted by molar-refractivity contribution is -0.116. The Hall–Kier alpha value is -3.31. The van der Waals surface area contributed by atoms with Crippen LogP contribution < -0.4 is 20.1 Å². The summed E-state index contributed by atoms with van der Waals surface area (Å²) in [6.45, 7) is 2.16. The molecule has 9 nitrogen and oxygen atoms in total. The van der Waals surface area contributed by atoms with E-state index in [-0.39, 0.29) is 24.1 Å². The second kappa shape index (κ2) is 12.4. The van der Waals surface area contributed by atoms with Gasteiger partial charge in [-0.1, -0.05) is 33.8 Å². The minimum absolute atomic E-state index is 0.144. The standard InChI is InChI=1S/C24H26BrN5O4S/c1-15-11-17(7-8-18(15)25)27-23(32)14-35-24-29-28-21(30(24)2)13-26-22(31)10-6-16-5-9-19(33-3)20(12-16)34-4/h5-12H,13-14H2,1-4H3,(H,26,31)(H,27,32)/b10-6+. The number of benzene rings is 2. The molecule has 0 aliphatic carbocycles. The van der Waals surface area contributed by atoms with Gasteiger partial charge in [-0.3, -0.25) is 9.59 Å². The van der Waals surface area contributed by atoms with E-state index in [9.17, 15) is 9.59 Å². The molecule has 0 aliphatic rings. The van der Waals surface area contributed by atoms with Crippen molar-refractivity contribution in [3.05, 3.63) is 63.9 Å². The number of aryl methyl sites for hydroxylation is 1. The molecule has 2 N–H and O–H groups in total. The van der Waals surface area contributed by atoms with Crippen molar-refractivity contribution in [3.8, 4) is 11.5 Å². The third-order valence-electron chi connectivity index (χ3n) is 4.95. The van der Waals surface area contributed by atoms with Crippen LogP contribution >= 0.6 is 27.7 Å². The van der Waals surface area contributed by atoms with Gasteiger partial charge in [0.15, 0.2) is 22.5 Å². The molecule has 184 valence electrons. The summed E-state index contributed by atoms with van der Waals surface area (Å²) in [6, 6.07) is 11.0. The van der Waals surface area contributed by atoms with Crippen LogP contribution in [0.3, 0.4) is 0 Å². The molecule has 1 aromatic heterocycles. The van der Waals surface area contributed by atoms with Gasteiger partial charge < -0.3 is 24.7 Å². The average molecular weight is 560 g/mol. The monoisotopic (exact) mass is 559 g/mol. The van der Waals surface area contributed by atoms with Crippen LogP contribution in [0.1, 0.15) is 17.0 Å². The van der Waals surface area contributed by atoms with Crippen LogP contribution in [0.4, 0.5) is 5.69 Å². The Morgan fingerprint density at radius 1 is 1.11 bits per heavy atom. The van der Waals surface area contributed by atoms with Crippen LogP contribution in [0, 0.1) is 6.92 Å². The summed E-state index contributed by atoms with van der Waals surface area (Å²) in [5.41, 5.74) is 2.57. The summed E-state index contributed by atoms with van der Waals surface area (Å²) in [5, 5.41) is 14.5. The number of carbonyl (C=O) groups excluding carboxylic acids is 2. The molecule has 0 saturated heterocycles. The number of anilines is 1. The molecule has 3 rings (SSSR count). The van der Waals surface area contributed by atoms with E-state index < -0.39 is 0 Å². The Bertz CT molecular complexity index is 1240. The third-order valence-corrected chi connectivity index (χ3v) is 6.86. The van der Waals surface area contributed by atoms with Gasteiger partial charge in [0.25, 0.3) is 0 Å². The molecule has 2 amide bonds. The van der Waals surface area contributed by atoms with Gasteiger partial charge in [0, 0.05) is 23.3 Å². The molecule has 0 bridgehead atoms. The van der Waals surface area contributed by atoms with Crippen molar-refractivity contribution in [2.45, 2.75) is 18.6 Å². The Morgan fingerprint density at radius 3 is 2.60 bits per heavy atom. The van der Waals surface area contributed by atoms with Gasteiger partial charge in [0.1, 0.15) is 0 Å². The largest absolute Gasteiger partial charge is 0.493 e. The Morgan fingerprint density at radius 2 is 1.89 bits per heavy atom. The van der Waals surface area contributed by atoms with Gasteiger partial charge in [-0.2, -0.15) is 0 Å². The lowest BCUT2D eigenvalue weighted by Gasteiger charge is -2.08. The van der Waals surface area contributed by atoms with Gasteiger partial charge in [-0.25, -0.2) is 0 Å². The fraction of sp³-hybridized carbons (Fsp3) is 0.250. The summed E-state index contributed by atoms with van der Waals surface area (Å²) < 4.78 is 13.2. The fourth-order valence-corrected chi connectivity index (χ4v) is 4.00. The number of nitrogens with one attached hydrogen (secondary N) is 2. The van der Waals surface area contributed by atoms with Crippen LogP contribution in [-0.2, 0) is 23.2 Å². The highest BCUT2D eigenvalue weighted by molar-refractivity contribution is 9.10. The molecule has 0 radical (unpaired) electrons. The highest BCUT2D eigenvalue weighted by Gasteiger charge is 2.12. The molecular weight excluding hydrogens is 534 g/mol. The molecule has 0 unspecified atom stereocenters. The van der Waals surface area contributed by atoms with Crippen LogP contribution in [-0.4, -0.2) is 46.6 Å². The molecule has 0 atom stereocenters. The van der Waals surface area contributed by atoms with E-state index in [1.165, 1.54) is 17.8 Å². The first-order chi connectivity index (χ1) is 16.8. The molecule has 3 aromatic rings. The molecule has 2 aromatic carbocycles. The van der Waals surface area contributed by atoms with Crippen molar-refractivity contribution < 1.29 is 19.1 Å². The van der Waals surface area contributed by atoms with Crippen molar-refractivity contribution >= 4 is 51.3 Å². The molecule has 0 saturated carbocycles. The number of ether oxygens (including phenoxy) is 2. The van der Waals surface area contributed by atoms with E-state index in [4.69, 9.17) is 9.47 Å². The van der Waals surface area contributed by atoms with E-state index in [0.29, 0.717) is 22.5 Å². The molecular formula is C24H26BrN5O4S. The molecule has 11 heteroatoms. The summed E-state index contributed by atoms with van der Waals surface area (Å²) in [6.07, 6.45) is 3.11. The summed E-state index contributed by atoms with van der Waals surface area (Å²) in [7, 11) is 4.91. The first-order valence-electron chi connectivity index (χ1n) is 10.6. The number of nitrogens with zero attached hydrogens (tertiary/aromatic N) is 3. The SMILES string of the molecule is COc1ccc(/C=C/C(=O)NCc2nnc(SCC(=O)Nc3ccc(Br)c(C)c3)n2C)cc1OC. The number of thioether (sulfide) groups is 1. The number of amides is 2. The maximum Gasteiger partial charge on any atom is 0.244 e. The second-order valence-corrected chi connectivity index (χ2v) is 9.22. The van der Waals surface area contributed by atoms with Crippen LogP contribution in [0.25, 0.3) is 6.08 Å². The molecule has 0 spiro atoms. The number of hydrogen-bond donors (Lipinski definition) is 2. The zero-order valence-corrected chi connectivity index (χ0v) is 22.2. The number of rotatable bonds is 10. The lowest BCUT2D eigenvalue weighted by Crippen LogP contribution is -2.22. The van der Waals surface area contributed by atoms with Crippen LogP contribution in [0.5, 0.6) is 11.5 Å². The van der Waals surface area contributed by atoms with Gasteiger partial charge in [0.05, 0.1) is 26.5 Å². The Labute approximate surface area is 216 Å². The topological polar surface area (TPSA) is 107 Å². The minimum Gasteiger partial charge on any atom is -0.493 e. The summed E-state index contributed by atoms with van der Waals surface area (Å²) in [4.78, 5) is 24.5. The van der Waals surface area contributed by atoms with Crippen molar-refractivity contribution in [2.75, 3.05) is 25.3 Å². The summed E-state index contributed by atoms with van der Waals surface area (Å²) in [5.74, 6) is 1.53. The highest BCUT2D eigenvalue weighted by Crippen LogP contribution is 2.28. The van der Waals surface area contributed by atoms with Gasteiger partial charge in [-0.05, 0) is 54.5 Å². The molecule has 0 fully saturated rings. The van der Waals surface area contributed by atoms with Crippen LogP contribution in [0.2, 0.25) is 0 Å². The average Bonchev–Trinajstić information content (AvgIpc) is 3.21. The number of hydrogen-bond acceptors (Lipinski definition) is 7. The maximum absolute atomic E-state index is 12.3. The molecule has 1 heterocycles. The van der Waals surface area contributed by atoms with E-state index >= 15 is 0 Å². The maximum atomic E-state index is 12.3. The number of aromatic nitrogens is 3. The smallest absolute Gasteiger partial charge is 0.244 e. The zero-order chi connectivity index (χ0) is 25.4. The van der Waals surface area contributed by atoms with Gasteiger partial charge >= 0.3 is 0 Å². The van der Waals surface area contributed by atoms with E-state index in [1.54, 1.807) is 44.0 Å². The number of halogens is 1. The highest BCUT2D eigenvalue weighted by atomic mass is 79.9. The fourth-order valence-electron chi connectivity index (χ4n) is 3.03. The first-order valence-corrected chi connectivity index (χ1v) is 12.3. The van der Waals surface area contributed by atoms with E-state index in [1.807, 2.05) is 31.2 Å². The predicted octanol–water partition coefficient (Wildman–Crippen LogP) is 3.96. The lowest BCUT2D eigenvalue weighted by atomic mass is 10.2. The third kappa shape index (κ3) is 7.33. The van der Waals surface area contributed by atoms with Crippen molar-refractivity contribution in [2.24, 2.45) is 7.05 Å². The number of carbonyl (C=O) groups is 2. The Kier molecular flexibility index (Phi) is 9.32. The van der Waals surface area contributed by atoms with Crippen molar-refractivity contribution in [1.29, 1.82) is 0 Å². The normalized spacial score (nSPS) is 10.9. The van der Waals surface area contributed by atoms with E-state index in [0.717, 1.165) is 21.3 Å². The van der Waals surface area contributed by atoms with Crippen molar-refractivity contribution in [1.82, 2.24) is 20.1 Å². The molecule has 35 heavy (non-hydrogen) atoms. The Balaban J connectivity index is 1.49. The number of methoxy groups -OCH3 is 2. The quantitative estimate of drug-likeness (QED) is 0.286. The predicted molar refractivity (Wildman–Crippen MR) is 140 cm³/mol. The van der Waals surface area contributed by atoms with Crippen molar-refractivity contribution in [3.63, 3.8) is 0 Å². The summed E-state index contributed by atoms with van der Waals surface area (Å²) >= 11 is 4.71. The van der Waals surface area contributed by atoms with Gasteiger partial charge in [0.2, 0.25) is 11.8 Å². The van der Waals surface area contributed by atoms with Crippen LogP contribution in [0.15, 0.2) is 52.1 Å². The molecule has 0 aliphatic heterocycles.